The van der Waals surface area contributed by atoms with Crippen molar-refractivity contribution in [2.45, 2.75) is 53.0 Å². The third-order valence-electron chi connectivity index (χ3n) is 3.34. The Kier molecular flexibility index (Phi) is 6.33. The van der Waals surface area contributed by atoms with Crippen LogP contribution < -0.4 is 0 Å². The van der Waals surface area contributed by atoms with Gasteiger partial charge < -0.3 is 9.84 Å². The maximum Gasteiger partial charge on any atom is 0.323 e. The molecule has 21 heavy (non-hydrogen) atoms. The zero-order valence-electron chi connectivity index (χ0n) is 12.8. The summed E-state index contributed by atoms with van der Waals surface area (Å²) in [7, 11) is 0. The second-order valence-corrected chi connectivity index (χ2v) is 4.93. The van der Waals surface area contributed by atoms with Crippen molar-refractivity contribution in [3.63, 3.8) is 0 Å². The lowest BCUT2D eigenvalue weighted by Gasteiger charge is -2.26. The molecule has 1 atom stereocenters. The van der Waals surface area contributed by atoms with Crippen LogP contribution in [0, 0.1) is 5.41 Å². The Morgan fingerprint density at radius 3 is 2.57 bits per heavy atom. The highest BCUT2D eigenvalue weighted by atomic mass is 16.5. The van der Waals surface area contributed by atoms with E-state index >= 15 is 0 Å². The van der Waals surface area contributed by atoms with Gasteiger partial charge in [-0.2, -0.15) is 5.10 Å². The molecule has 0 fully saturated rings. The third kappa shape index (κ3) is 3.80. The van der Waals surface area contributed by atoms with Crippen LogP contribution in [0.5, 0.6) is 0 Å². The van der Waals surface area contributed by atoms with Gasteiger partial charge in [-0.25, -0.2) is 4.98 Å². The van der Waals surface area contributed by atoms with Gasteiger partial charge in [-0.3, -0.25) is 14.3 Å². The smallest absolute Gasteiger partial charge is 0.323 e. The van der Waals surface area contributed by atoms with Gasteiger partial charge in [0.25, 0.3) is 0 Å². The average molecular weight is 297 g/mol. The largest absolute Gasteiger partial charge is 0.480 e. The number of hydrogen-bond acceptors (Lipinski definition) is 5. The van der Waals surface area contributed by atoms with Crippen LogP contribution in [0.2, 0.25) is 0 Å². The first-order valence-corrected chi connectivity index (χ1v) is 7.29. The van der Waals surface area contributed by atoms with Crippen molar-refractivity contribution in [2.75, 3.05) is 6.61 Å². The van der Waals surface area contributed by atoms with Gasteiger partial charge in [0.05, 0.1) is 6.61 Å². The first-order chi connectivity index (χ1) is 10.0. The van der Waals surface area contributed by atoms with E-state index < -0.39 is 17.4 Å². The molecule has 0 aliphatic rings. The number of rotatable bonds is 9. The van der Waals surface area contributed by atoms with Crippen LogP contribution in [0.1, 0.15) is 45.9 Å². The highest BCUT2D eigenvalue weighted by molar-refractivity contribution is 5.99. The second kappa shape index (κ2) is 7.75. The summed E-state index contributed by atoms with van der Waals surface area (Å²) < 4.78 is 6.64. The molecule has 0 saturated carbocycles. The number of hydrogen-bond donors (Lipinski definition) is 1. The number of nitrogens with zero attached hydrogens (tertiary/aromatic N) is 3. The number of carboxylic acids is 1. The van der Waals surface area contributed by atoms with E-state index in [4.69, 9.17) is 4.74 Å². The standard InChI is InChI=1S/C14H23N3O4/c1-4-7-14(12(18)19,13(20)21-6-3)9-11-15-10-16-17(11)8-5-2/h10H,4-9H2,1-3H3,(H,18,19). The molecule has 0 amide bonds. The Morgan fingerprint density at radius 1 is 1.33 bits per heavy atom. The first-order valence-electron chi connectivity index (χ1n) is 7.29. The van der Waals surface area contributed by atoms with E-state index in [1.165, 1.54) is 6.33 Å². The van der Waals surface area contributed by atoms with E-state index in [9.17, 15) is 14.7 Å². The number of esters is 1. The van der Waals surface area contributed by atoms with E-state index in [0.717, 1.165) is 6.42 Å². The van der Waals surface area contributed by atoms with Crippen molar-refractivity contribution in [1.82, 2.24) is 14.8 Å². The van der Waals surface area contributed by atoms with E-state index in [1.807, 2.05) is 13.8 Å². The number of ether oxygens (including phenoxy) is 1. The Hall–Kier alpha value is -1.92. The molecule has 1 N–H and O–H groups in total. The van der Waals surface area contributed by atoms with Gasteiger partial charge in [-0.15, -0.1) is 0 Å². The summed E-state index contributed by atoms with van der Waals surface area (Å²) >= 11 is 0. The van der Waals surface area contributed by atoms with Crippen molar-refractivity contribution in [1.29, 1.82) is 0 Å². The fourth-order valence-electron chi connectivity index (χ4n) is 2.32. The maximum absolute atomic E-state index is 12.2. The molecule has 1 heterocycles. The molecule has 0 aliphatic carbocycles. The fourth-order valence-corrected chi connectivity index (χ4v) is 2.32. The van der Waals surface area contributed by atoms with Gasteiger partial charge in [0.2, 0.25) is 0 Å². The van der Waals surface area contributed by atoms with Gasteiger partial charge in [-0.05, 0) is 19.8 Å². The molecule has 1 aromatic rings. The molecule has 0 radical (unpaired) electrons. The van der Waals surface area contributed by atoms with E-state index in [1.54, 1.807) is 11.6 Å². The zero-order valence-corrected chi connectivity index (χ0v) is 12.8. The van der Waals surface area contributed by atoms with Crippen LogP contribution in [0.15, 0.2) is 6.33 Å². The van der Waals surface area contributed by atoms with E-state index in [-0.39, 0.29) is 19.4 Å². The minimum Gasteiger partial charge on any atom is -0.480 e. The summed E-state index contributed by atoms with van der Waals surface area (Å²) in [6, 6.07) is 0. The fraction of sp³-hybridized carbons (Fsp3) is 0.714. The van der Waals surface area contributed by atoms with E-state index in [2.05, 4.69) is 10.1 Å². The summed E-state index contributed by atoms with van der Waals surface area (Å²) in [5.41, 5.74) is -1.59. The van der Waals surface area contributed by atoms with Gasteiger partial charge in [0.1, 0.15) is 12.2 Å². The second-order valence-electron chi connectivity index (χ2n) is 4.93. The molecule has 7 heteroatoms. The van der Waals surface area contributed by atoms with Crippen LogP contribution in [-0.2, 0) is 27.3 Å². The molecule has 7 nitrogen and oxygen atoms in total. The van der Waals surface area contributed by atoms with Crippen LogP contribution in [-0.4, -0.2) is 38.4 Å². The van der Waals surface area contributed by atoms with Crippen LogP contribution in [0.25, 0.3) is 0 Å². The van der Waals surface area contributed by atoms with Crippen molar-refractivity contribution < 1.29 is 19.4 Å². The Balaban J connectivity index is 3.13. The van der Waals surface area contributed by atoms with Crippen LogP contribution in [0.4, 0.5) is 0 Å². The molecule has 1 unspecified atom stereocenters. The minimum atomic E-state index is -1.59. The molecule has 0 aromatic carbocycles. The molecule has 118 valence electrons. The van der Waals surface area contributed by atoms with Crippen LogP contribution in [0.3, 0.4) is 0 Å². The minimum absolute atomic E-state index is 0.00495. The number of carbonyl (C=O) groups is 2. The van der Waals surface area contributed by atoms with Crippen molar-refractivity contribution in [2.24, 2.45) is 5.41 Å². The summed E-state index contributed by atoms with van der Waals surface area (Å²) in [5.74, 6) is -1.37. The molecule has 0 saturated heterocycles. The Labute approximate surface area is 124 Å². The number of carbonyl (C=O) groups excluding carboxylic acids is 1. The lowest BCUT2D eigenvalue weighted by molar-refractivity contribution is -0.169. The van der Waals surface area contributed by atoms with Gasteiger partial charge in [-0.1, -0.05) is 20.3 Å². The lowest BCUT2D eigenvalue weighted by Crippen LogP contribution is -2.43. The molecule has 1 aromatic heterocycles. The van der Waals surface area contributed by atoms with E-state index in [0.29, 0.717) is 18.8 Å². The number of aromatic nitrogens is 3. The zero-order chi connectivity index (χ0) is 15.9. The lowest BCUT2D eigenvalue weighted by atomic mass is 9.79. The Morgan fingerprint density at radius 2 is 2.05 bits per heavy atom. The maximum atomic E-state index is 12.2. The van der Waals surface area contributed by atoms with Crippen LogP contribution >= 0.6 is 0 Å². The monoisotopic (exact) mass is 297 g/mol. The molecule has 1 rings (SSSR count). The summed E-state index contributed by atoms with van der Waals surface area (Å²) in [6.45, 7) is 6.29. The summed E-state index contributed by atoms with van der Waals surface area (Å²) in [6.07, 6.45) is 3.00. The topological polar surface area (TPSA) is 94.3 Å². The average Bonchev–Trinajstić information content (AvgIpc) is 2.85. The molecular formula is C14H23N3O4. The highest BCUT2D eigenvalue weighted by Gasteiger charge is 2.48. The third-order valence-corrected chi connectivity index (χ3v) is 3.34. The number of carboxylic acid groups (broad SMARTS) is 1. The molecular weight excluding hydrogens is 274 g/mol. The SMILES string of the molecule is CCCn1ncnc1CC(CCC)(C(=O)O)C(=O)OCC. The molecule has 0 aliphatic heterocycles. The predicted molar refractivity (Wildman–Crippen MR) is 75.6 cm³/mol. The first kappa shape index (κ1) is 17.1. The predicted octanol–water partition coefficient (Wildman–Crippen LogP) is 1.66. The molecule has 0 bridgehead atoms. The van der Waals surface area contributed by atoms with Crippen molar-refractivity contribution in [3.05, 3.63) is 12.2 Å². The highest BCUT2D eigenvalue weighted by Crippen LogP contribution is 2.30. The van der Waals surface area contributed by atoms with Gasteiger partial charge >= 0.3 is 11.9 Å². The van der Waals surface area contributed by atoms with Gasteiger partial charge in [0.15, 0.2) is 5.41 Å². The number of aryl methyl sites for hydroxylation is 1. The summed E-state index contributed by atoms with van der Waals surface area (Å²) in [5, 5.41) is 13.7. The Bertz CT molecular complexity index is 486. The number of aliphatic carboxylic acids is 1. The van der Waals surface area contributed by atoms with Crippen molar-refractivity contribution in [3.8, 4) is 0 Å². The quantitative estimate of drug-likeness (QED) is 0.550. The molecule has 0 spiro atoms. The normalized spacial score (nSPS) is 13.7. The van der Waals surface area contributed by atoms with Gasteiger partial charge in [0, 0.05) is 13.0 Å². The van der Waals surface area contributed by atoms with Crippen molar-refractivity contribution >= 4 is 11.9 Å². The summed E-state index contributed by atoms with van der Waals surface area (Å²) in [4.78, 5) is 28.1.